The summed E-state index contributed by atoms with van der Waals surface area (Å²) in [6.45, 7) is 7.22. The molecule has 2 atom stereocenters. The molecule has 0 aliphatic rings. The Labute approximate surface area is 170 Å². The molecule has 0 radical (unpaired) electrons. The lowest BCUT2D eigenvalue weighted by Gasteiger charge is -2.26. The lowest BCUT2D eigenvalue weighted by Crippen LogP contribution is -2.54. The summed E-state index contributed by atoms with van der Waals surface area (Å²) in [7, 11) is 0. The Morgan fingerprint density at radius 1 is 1.14 bits per heavy atom. The van der Waals surface area contributed by atoms with Crippen molar-refractivity contribution in [2.75, 3.05) is 0 Å². The number of H-pyrrole nitrogens is 1. The number of fused-ring (bicyclic) bond motifs is 1. The number of nitrogens with two attached hydrogens (primary N) is 1. The van der Waals surface area contributed by atoms with E-state index < -0.39 is 35.6 Å². The lowest BCUT2D eigenvalue weighted by molar-refractivity contribution is -0.159. The molecule has 1 aromatic carbocycles. The zero-order valence-electron chi connectivity index (χ0n) is 17.4. The van der Waals surface area contributed by atoms with Gasteiger partial charge in [0.2, 0.25) is 5.91 Å². The van der Waals surface area contributed by atoms with E-state index >= 15 is 0 Å². The standard InChI is InChI=1S/C21H30N4O4/c1-5-8-16(19(27)29-21(2,3)4)24-18(26)17(25-20(22)28)11-13-12-23-15-10-7-6-9-14(13)15/h6-7,9-10,12,16-17,23H,5,8,11H2,1-4H3,(H,24,26)(H3,22,25,28). The van der Waals surface area contributed by atoms with Crippen LogP contribution in [0.5, 0.6) is 0 Å². The predicted octanol–water partition coefficient (Wildman–Crippen LogP) is 2.37. The number of urea groups is 1. The van der Waals surface area contributed by atoms with Gasteiger partial charge in [-0.3, -0.25) is 4.79 Å². The van der Waals surface area contributed by atoms with Crippen molar-refractivity contribution >= 4 is 28.8 Å². The predicted molar refractivity (Wildman–Crippen MR) is 111 cm³/mol. The number of primary amides is 1. The van der Waals surface area contributed by atoms with E-state index in [1.807, 2.05) is 31.2 Å². The second kappa shape index (κ2) is 9.45. The fourth-order valence-corrected chi connectivity index (χ4v) is 3.08. The SMILES string of the molecule is CCCC(NC(=O)C(Cc1c[nH]c2ccccc12)NC(N)=O)C(=O)OC(C)(C)C. The summed E-state index contributed by atoms with van der Waals surface area (Å²) in [5.41, 5.74) is 6.40. The highest BCUT2D eigenvalue weighted by Crippen LogP contribution is 2.19. The van der Waals surface area contributed by atoms with E-state index in [0.29, 0.717) is 12.8 Å². The number of carbonyl (C=O) groups is 3. The van der Waals surface area contributed by atoms with Gasteiger partial charge in [-0.1, -0.05) is 31.5 Å². The number of para-hydroxylation sites is 1. The largest absolute Gasteiger partial charge is 0.458 e. The number of aromatic amines is 1. The molecule has 0 spiro atoms. The first kappa shape index (κ1) is 22.3. The van der Waals surface area contributed by atoms with Crippen molar-refractivity contribution < 1.29 is 19.1 Å². The number of nitrogens with one attached hydrogen (secondary N) is 3. The summed E-state index contributed by atoms with van der Waals surface area (Å²) in [5.74, 6) is -0.990. The van der Waals surface area contributed by atoms with Gasteiger partial charge in [-0.25, -0.2) is 9.59 Å². The van der Waals surface area contributed by atoms with E-state index in [9.17, 15) is 14.4 Å². The van der Waals surface area contributed by atoms with Gasteiger partial charge >= 0.3 is 12.0 Å². The monoisotopic (exact) mass is 402 g/mol. The van der Waals surface area contributed by atoms with Crippen LogP contribution in [-0.2, 0) is 20.7 Å². The molecule has 5 N–H and O–H groups in total. The molecular formula is C21H30N4O4. The zero-order chi connectivity index (χ0) is 21.6. The minimum absolute atomic E-state index is 0.228. The van der Waals surface area contributed by atoms with Crippen molar-refractivity contribution in [1.29, 1.82) is 0 Å². The van der Waals surface area contributed by atoms with Crippen LogP contribution in [0.3, 0.4) is 0 Å². The van der Waals surface area contributed by atoms with Gasteiger partial charge in [-0.05, 0) is 38.8 Å². The van der Waals surface area contributed by atoms with E-state index in [0.717, 1.165) is 16.5 Å². The molecule has 8 nitrogen and oxygen atoms in total. The molecule has 0 aliphatic heterocycles. The van der Waals surface area contributed by atoms with Gasteiger partial charge in [0.25, 0.3) is 0 Å². The van der Waals surface area contributed by atoms with E-state index in [-0.39, 0.29) is 6.42 Å². The topological polar surface area (TPSA) is 126 Å². The van der Waals surface area contributed by atoms with Gasteiger partial charge < -0.3 is 26.1 Å². The number of esters is 1. The quantitative estimate of drug-likeness (QED) is 0.506. The molecule has 1 heterocycles. The van der Waals surface area contributed by atoms with Crippen molar-refractivity contribution in [3.8, 4) is 0 Å². The number of hydrogen-bond acceptors (Lipinski definition) is 4. The van der Waals surface area contributed by atoms with Crippen LogP contribution in [0.1, 0.15) is 46.1 Å². The van der Waals surface area contributed by atoms with E-state index in [4.69, 9.17) is 10.5 Å². The molecule has 2 aromatic rings. The maximum atomic E-state index is 12.9. The van der Waals surface area contributed by atoms with E-state index in [1.54, 1.807) is 27.0 Å². The molecule has 0 saturated heterocycles. The molecule has 1 aromatic heterocycles. The Morgan fingerprint density at radius 2 is 1.83 bits per heavy atom. The van der Waals surface area contributed by atoms with Crippen molar-refractivity contribution in [2.45, 2.75) is 64.6 Å². The Kier molecular flexibility index (Phi) is 7.25. The van der Waals surface area contributed by atoms with Crippen LogP contribution < -0.4 is 16.4 Å². The number of aromatic nitrogens is 1. The summed E-state index contributed by atoms with van der Waals surface area (Å²) in [6, 6.07) is 5.13. The molecule has 29 heavy (non-hydrogen) atoms. The first-order valence-corrected chi connectivity index (χ1v) is 9.75. The Balaban J connectivity index is 2.18. The fraction of sp³-hybridized carbons (Fsp3) is 0.476. The van der Waals surface area contributed by atoms with Crippen molar-refractivity contribution in [1.82, 2.24) is 15.6 Å². The first-order valence-electron chi connectivity index (χ1n) is 9.75. The molecule has 0 saturated carbocycles. The van der Waals surface area contributed by atoms with Crippen LogP contribution in [-0.4, -0.2) is 40.6 Å². The molecule has 0 bridgehead atoms. The van der Waals surface area contributed by atoms with Crippen LogP contribution in [0.2, 0.25) is 0 Å². The van der Waals surface area contributed by atoms with Gasteiger partial charge in [0, 0.05) is 23.5 Å². The maximum Gasteiger partial charge on any atom is 0.329 e. The van der Waals surface area contributed by atoms with Crippen molar-refractivity contribution in [3.05, 3.63) is 36.0 Å². The van der Waals surface area contributed by atoms with Gasteiger partial charge in [0.15, 0.2) is 0 Å². The van der Waals surface area contributed by atoms with Gasteiger partial charge in [-0.15, -0.1) is 0 Å². The minimum Gasteiger partial charge on any atom is -0.458 e. The number of rotatable bonds is 8. The Bertz CT molecular complexity index is 869. The molecule has 8 heteroatoms. The fourth-order valence-electron chi connectivity index (χ4n) is 3.08. The van der Waals surface area contributed by atoms with Gasteiger partial charge in [0.1, 0.15) is 17.7 Å². The Morgan fingerprint density at radius 3 is 2.45 bits per heavy atom. The van der Waals surface area contributed by atoms with Gasteiger partial charge in [-0.2, -0.15) is 0 Å². The molecule has 2 unspecified atom stereocenters. The Hall–Kier alpha value is -3.03. The zero-order valence-corrected chi connectivity index (χ0v) is 17.4. The summed E-state index contributed by atoms with van der Waals surface area (Å²) in [5, 5.41) is 6.14. The average molecular weight is 402 g/mol. The maximum absolute atomic E-state index is 12.9. The highest BCUT2D eigenvalue weighted by atomic mass is 16.6. The summed E-state index contributed by atoms with van der Waals surface area (Å²) in [4.78, 5) is 40.0. The lowest BCUT2D eigenvalue weighted by atomic mass is 10.0. The average Bonchev–Trinajstić information content (AvgIpc) is 3.02. The third kappa shape index (κ3) is 6.51. The van der Waals surface area contributed by atoms with Crippen LogP contribution >= 0.6 is 0 Å². The normalized spacial score (nSPS) is 13.5. The molecule has 0 fully saturated rings. The molecule has 158 valence electrons. The highest BCUT2D eigenvalue weighted by Gasteiger charge is 2.29. The number of ether oxygens (including phenoxy) is 1. The third-order valence-electron chi connectivity index (χ3n) is 4.32. The molecule has 2 rings (SSSR count). The van der Waals surface area contributed by atoms with Gasteiger partial charge in [0.05, 0.1) is 0 Å². The smallest absolute Gasteiger partial charge is 0.329 e. The second-order valence-corrected chi connectivity index (χ2v) is 8.01. The van der Waals surface area contributed by atoms with Crippen molar-refractivity contribution in [2.24, 2.45) is 5.73 Å². The number of hydrogen-bond donors (Lipinski definition) is 4. The van der Waals surface area contributed by atoms with Crippen LogP contribution in [0, 0.1) is 0 Å². The minimum atomic E-state index is -0.923. The van der Waals surface area contributed by atoms with Crippen LogP contribution in [0.15, 0.2) is 30.5 Å². The summed E-state index contributed by atoms with van der Waals surface area (Å²) < 4.78 is 5.41. The summed E-state index contributed by atoms with van der Waals surface area (Å²) in [6.07, 6.45) is 3.13. The van der Waals surface area contributed by atoms with E-state index in [1.165, 1.54) is 0 Å². The molecular weight excluding hydrogens is 372 g/mol. The first-order chi connectivity index (χ1) is 13.6. The van der Waals surface area contributed by atoms with E-state index in [2.05, 4.69) is 15.6 Å². The number of benzene rings is 1. The second-order valence-electron chi connectivity index (χ2n) is 8.01. The molecule has 3 amide bonds. The molecule has 0 aliphatic carbocycles. The van der Waals surface area contributed by atoms with Crippen molar-refractivity contribution in [3.63, 3.8) is 0 Å². The number of amides is 3. The summed E-state index contributed by atoms with van der Waals surface area (Å²) >= 11 is 0. The van der Waals surface area contributed by atoms with Crippen LogP contribution in [0.25, 0.3) is 10.9 Å². The highest BCUT2D eigenvalue weighted by molar-refractivity contribution is 5.91. The number of carbonyl (C=O) groups excluding carboxylic acids is 3. The third-order valence-corrected chi connectivity index (χ3v) is 4.32. The van der Waals surface area contributed by atoms with Crippen LogP contribution in [0.4, 0.5) is 4.79 Å².